The summed E-state index contributed by atoms with van der Waals surface area (Å²) in [5.74, 6) is -1.90. The maximum atomic E-state index is 12.7. The van der Waals surface area contributed by atoms with Crippen LogP contribution >= 0.6 is 0 Å². The first-order chi connectivity index (χ1) is 11.7. The van der Waals surface area contributed by atoms with Crippen molar-refractivity contribution < 1.29 is 14.7 Å². The predicted molar refractivity (Wildman–Crippen MR) is 94.2 cm³/mol. The second kappa shape index (κ2) is 7.51. The molecule has 128 valence electrons. The number of para-hydroxylation sites is 2. The molecule has 1 saturated heterocycles. The van der Waals surface area contributed by atoms with Crippen LogP contribution < -0.4 is 10.2 Å². The number of nitrogens with one attached hydrogen (secondary N) is 1. The Morgan fingerprint density at radius 1 is 1.08 bits per heavy atom. The normalized spacial score (nSPS) is 21.1. The van der Waals surface area contributed by atoms with Crippen LogP contribution in [0.25, 0.3) is 0 Å². The van der Waals surface area contributed by atoms with Crippen molar-refractivity contribution in [2.45, 2.75) is 38.5 Å². The van der Waals surface area contributed by atoms with Gasteiger partial charge in [-0.1, -0.05) is 18.2 Å². The number of benzene rings is 1. The molecule has 0 saturated carbocycles. The Balaban J connectivity index is 1.79. The number of allylic oxidation sites excluding steroid dienone is 1. The van der Waals surface area contributed by atoms with Gasteiger partial charge in [-0.25, -0.2) is 0 Å². The van der Waals surface area contributed by atoms with Gasteiger partial charge in [0.2, 0.25) is 0 Å². The largest absolute Gasteiger partial charge is 0.481 e. The van der Waals surface area contributed by atoms with Gasteiger partial charge < -0.3 is 15.3 Å². The van der Waals surface area contributed by atoms with Gasteiger partial charge in [-0.2, -0.15) is 0 Å². The molecule has 1 aromatic rings. The quantitative estimate of drug-likeness (QED) is 0.888. The lowest BCUT2D eigenvalue weighted by Gasteiger charge is -2.30. The molecule has 0 radical (unpaired) electrons. The molecule has 0 aromatic heterocycles. The summed E-state index contributed by atoms with van der Waals surface area (Å²) in [4.78, 5) is 26.4. The maximum absolute atomic E-state index is 12.7. The molecule has 24 heavy (non-hydrogen) atoms. The molecule has 5 heteroatoms. The van der Waals surface area contributed by atoms with E-state index in [1.807, 2.05) is 24.3 Å². The first-order valence-electron chi connectivity index (χ1n) is 8.75. The maximum Gasteiger partial charge on any atom is 0.311 e. The van der Waals surface area contributed by atoms with Gasteiger partial charge >= 0.3 is 5.97 Å². The monoisotopic (exact) mass is 328 g/mol. The number of carbonyl (C=O) groups excluding carboxylic acids is 1. The third kappa shape index (κ3) is 3.61. The van der Waals surface area contributed by atoms with Crippen LogP contribution in [-0.4, -0.2) is 30.1 Å². The van der Waals surface area contributed by atoms with Gasteiger partial charge in [0.05, 0.1) is 17.3 Å². The smallest absolute Gasteiger partial charge is 0.311 e. The van der Waals surface area contributed by atoms with E-state index < -0.39 is 11.9 Å². The van der Waals surface area contributed by atoms with Crippen LogP contribution in [-0.2, 0) is 9.59 Å². The molecule has 2 aliphatic rings. The topological polar surface area (TPSA) is 69.6 Å². The van der Waals surface area contributed by atoms with Crippen molar-refractivity contribution in [1.29, 1.82) is 0 Å². The zero-order valence-electron chi connectivity index (χ0n) is 13.8. The van der Waals surface area contributed by atoms with E-state index in [1.165, 1.54) is 6.42 Å². The van der Waals surface area contributed by atoms with Crippen molar-refractivity contribution >= 4 is 23.3 Å². The number of hydrogen-bond acceptors (Lipinski definition) is 3. The highest BCUT2D eigenvalue weighted by Gasteiger charge is 2.29. The summed E-state index contributed by atoms with van der Waals surface area (Å²) < 4.78 is 0. The van der Waals surface area contributed by atoms with Gasteiger partial charge in [0, 0.05) is 18.7 Å². The van der Waals surface area contributed by atoms with Crippen LogP contribution in [0.15, 0.2) is 35.9 Å². The van der Waals surface area contributed by atoms with Crippen LogP contribution in [0.5, 0.6) is 0 Å². The lowest BCUT2D eigenvalue weighted by atomic mass is 9.87. The summed E-state index contributed by atoms with van der Waals surface area (Å²) >= 11 is 0. The number of carbonyl (C=O) groups is 2. The molecule has 1 aliphatic carbocycles. The molecule has 3 rings (SSSR count). The van der Waals surface area contributed by atoms with Crippen molar-refractivity contribution in [1.82, 2.24) is 0 Å². The average Bonchev–Trinajstić information content (AvgIpc) is 2.63. The van der Waals surface area contributed by atoms with Crippen molar-refractivity contribution in [2.75, 3.05) is 23.3 Å². The number of nitrogens with zero attached hydrogens (tertiary/aromatic N) is 1. The molecule has 2 N–H and O–H groups in total. The number of aliphatic carboxylic acids is 1. The Labute approximate surface area is 142 Å². The SMILES string of the molecule is O=C(Nc1ccccc1N1CCCCC1)C1=CCCC[C@@H]1C(=O)O. The zero-order chi connectivity index (χ0) is 16.9. The Morgan fingerprint density at radius 2 is 1.83 bits per heavy atom. The lowest BCUT2D eigenvalue weighted by Crippen LogP contribution is -2.31. The summed E-state index contributed by atoms with van der Waals surface area (Å²) in [6.07, 6.45) is 7.46. The third-order valence-corrected chi connectivity index (χ3v) is 4.85. The molecule has 1 fully saturated rings. The van der Waals surface area contributed by atoms with Gasteiger partial charge in [-0.15, -0.1) is 0 Å². The average molecular weight is 328 g/mol. The number of amides is 1. The highest BCUT2D eigenvalue weighted by molar-refractivity contribution is 6.08. The second-order valence-corrected chi connectivity index (χ2v) is 6.50. The minimum atomic E-state index is -0.916. The van der Waals surface area contributed by atoms with Gasteiger partial charge in [0.25, 0.3) is 5.91 Å². The summed E-state index contributed by atoms with van der Waals surface area (Å²) in [6.45, 7) is 1.99. The molecular formula is C19H24N2O3. The predicted octanol–water partition coefficient (Wildman–Crippen LogP) is 3.43. The summed E-state index contributed by atoms with van der Waals surface area (Å²) in [7, 11) is 0. The summed E-state index contributed by atoms with van der Waals surface area (Å²) in [5.41, 5.74) is 2.18. The molecule has 1 amide bonds. The van der Waals surface area contributed by atoms with E-state index in [4.69, 9.17) is 0 Å². The number of rotatable bonds is 4. The van der Waals surface area contributed by atoms with Crippen molar-refractivity contribution in [3.63, 3.8) is 0 Å². The van der Waals surface area contributed by atoms with Gasteiger partial charge in [0.15, 0.2) is 0 Å². The number of carboxylic acid groups (broad SMARTS) is 1. The van der Waals surface area contributed by atoms with E-state index in [-0.39, 0.29) is 5.91 Å². The fourth-order valence-corrected chi connectivity index (χ4v) is 3.57. The van der Waals surface area contributed by atoms with Crippen molar-refractivity contribution in [3.05, 3.63) is 35.9 Å². The first-order valence-corrected chi connectivity index (χ1v) is 8.75. The highest BCUT2D eigenvalue weighted by atomic mass is 16.4. The van der Waals surface area contributed by atoms with E-state index >= 15 is 0 Å². The van der Waals surface area contributed by atoms with Crippen LogP contribution in [0.3, 0.4) is 0 Å². The molecule has 1 atom stereocenters. The molecule has 0 spiro atoms. The van der Waals surface area contributed by atoms with Gasteiger partial charge in [-0.05, 0) is 50.7 Å². The molecule has 5 nitrogen and oxygen atoms in total. The number of hydrogen-bond donors (Lipinski definition) is 2. The standard InChI is InChI=1S/C19H24N2O3/c22-18(14-8-2-3-9-15(14)19(23)24)20-16-10-4-5-11-17(16)21-12-6-1-7-13-21/h4-5,8,10-11,15H,1-3,6-7,9,12-13H2,(H,20,22)(H,23,24)/t15-/m0/s1. The first kappa shape index (κ1) is 16.6. The summed E-state index contributed by atoms with van der Waals surface area (Å²) in [6, 6.07) is 7.78. The number of piperidine rings is 1. The molecule has 1 aromatic carbocycles. The van der Waals surface area contributed by atoms with Crippen molar-refractivity contribution in [2.24, 2.45) is 5.92 Å². The Kier molecular flexibility index (Phi) is 5.18. The minimum absolute atomic E-state index is 0.286. The summed E-state index contributed by atoms with van der Waals surface area (Å²) in [5, 5.41) is 12.3. The zero-order valence-corrected chi connectivity index (χ0v) is 13.8. The van der Waals surface area contributed by atoms with Gasteiger partial charge in [-0.3, -0.25) is 9.59 Å². The minimum Gasteiger partial charge on any atom is -0.481 e. The van der Waals surface area contributed by atoms with Crippen LogP contribution in [0.2, 0.25) is 0 Å². The molecule has 0 bridgehead atoms. The third-order valence-electron chi connectivity index (χ3n) is 4.85. The number of anilines is 2. The number of carboxylic acids is 1. The van der Waals surface area contributed by atoms with E-state index in [2.05, 4.69) is 10.2 Å². The van der Waals surface area contributed by atoms with Crippen LogP contribution in [0.1, 0.15) is 38.5 Å². The van der Waals surface area contributed by atoms with E-state index in [0.717, 1.165) is 50.1 Å². The molecule has 1 heterocycles. The van der Waals surface area contributed by atoms with E-state index in [9.17, 15) is 14.7 Å². The molecular weight excluding hydrogens is 304 g/mol. The van der Waals surface area contributed by atoms with Crippen LogP contribution in [0.4, 0.5) is 11.4 Å². The molecule has 1 aliphatic heterocycles. The van der Waals surface area contributed by atoms with Gasteiger partial charge in [0.1, 0.15) is 0 Å². The Hall–Kier alpha value is -2.30. The second-order valence-electron chi connectivity index (χ2n) is 6.50. The fourth-order valence-electron chi connectivity index (χ4n) is 3.57. The van der Waals surface area contributed by atoms with Crippen LogP contribution in [0, 0.1) is 5.92 Å². The Bertz CT molecular complexity index is 648. The molecule has 0 unspecified atom stereocenters. The van der Waals surface area contributed by atoms with Crippen molar-refractivity contribution in [3.8, 4) is 0 Å². The highest BCUT2D eigenvalue weighted by Crippen LogP contribution is 2.31. The van der Waals surface area contributed by atoms with E-state index in [1.54, 1.807) is 6.08 Å². The fraction of sp³-hybridized carbons (Fsp3) is 0.474. The van der Waals surface area contributed by atoms with E-state index in [0.29, 0.717) is 12.0 Å². The lowest BCUT2D eigenvalue weighted by molar-refractivity contribution is -0.141. The Morgan fingerprint density at radius 3 is 2.58 bits per heavy atom.